The zero-order valence-electron chi connectivity index (χ0n) is 14.0. The number of ether oxygens (including phenoxy) is 2. The molecular formula is C18H24N2O4. The van der Waals surface area contributed by atoms with Gasteiger partial charge in [0.25, 0.3) is 0 Å². The summed E-state index contributed by atoms with van der Waals surface area (Å²) < 4.78 is 10.1. The first-order chi connectivity index (χ1) is 11.7. The summed E-state index contributed by atoms with van der Waals surface area (Å²) in [6.07, 6.45) is 1.22. The predicted molar refractivity (Wildman–Crippen MR) is 88.2 cm³/mol. The fraction of sp³-hybridized carbons (Fsp3) is 0.556. The van der Waals surface area contributed by atoms with Gasteiger partial charge in [-0.05, 0) is 24.9 Å². The molecule has 1 aromatic rings. The third-order valence-electron chi connectivity index (χ3n) is 4.72. The molecule has 3 rings (SSSR count). The first-order valence-electron chi connectivity index (χ1n) is 8.45. The zero-order chi connectivity index (χ0) is 16.9. The van der Waals surface area contributed by atoms with E-state index in [1.165, 1.54) is 12.7 Å². The molecule has 2 saturated heterocycles. The Kier molecular flexibility index (Phi) is 5.48. The standard InChI is InChI=1S/C18H24N2O4/c1-23-18(22)16-13-20(10-11-24-16)17(21)15-8-5-9-19(15)12-14-6-3-2-4-7-14/h2-4,6-7,15-16H,5,8-13H2,1H3. The van der Waals surface area contributed by atoms with Gasteiger partial charge in [-0.25, -0.2) is 4.79 Å². The molecule has 0 aliphatic carbocycles. The van der Waals surface area contributed by atoms with Gasteiger partial charge in [0, 0.05) is 13.1 Å². The third-order valence-corrected chi connectivity index (χ3v) is 4.72. The van der Waals surface area contributed by atoms with Crippen molar-refractivity contribution in [3.8, 4) is 0 Å². The van der Waals surface area contributed by atoms with E-state index in [2.05, 4.69) is 17.0 Å². The van der Waals surface area contributed by atoms with Gasteiger partial charge in [0.05, 0.1) is 26.3 Å². The smallest absolute Gasteiger partial charge is 0.336 e. The van der Waals surface area contributed by atoms with E-state index in [-0.39, 0.29) is 18.5 Å². The number of morpholine rings is 1. The van der Waals surface area contributed by atoms with Crippen LogP contribution in [0.4, 0.5) is 0 Å². The highest BCUT2D eigenvalue weighted by molar-refractivity contribution is 5.83. The monoisotopic (exact) mass is 332 g/mol. The molecule has 0 radical (unpaired) electrons. The molecule has 2 aliphatic rings. The Bertz CT molecular complexity index is 578. The molecule has 2 atom stereocenters. The van der Waals surface area contributed by atoms with Crippen molar-refractivity contribution in [3.05, 3.63) is 35.9 Å². The molecular weight excluding hydrogens is 308 g/mol. The van der Waals surface area contributed by atoms with Gasteiger partial charge in [0.1, 0.15) is 0 Å². The lowest BCUT2D eigenvalue weighted by Gasteiger charge is -2.35. The minimum atomic E-state index is -0.670. The van der Waals surface area contributed by atoms with Crippen LogP contribution in [-0.4, -0.2) is 67.2 Å². The molecule has 130 valence electrons. The van der Waals surface area contributed by atoms with Crippen LogP contribution in [0.2, 0.25) is 0 Å². The van der Waals surface area contributed by atoms with Crippen molar-refractivity contribution in [1.29, 1.82) is 0 Å². The van der Waals surface area contributed by atoms with E-state index in [9.17, 15) is 9.59 Å². The summed E-state index contributed by atoms with van der Waals surface area (Å²) >= 11 is 0. The second-order valence-corrected chi connectivity index (χ2v) is 6.28. The molecule has 1 amide bonds. The molecule has 24 heavy (non-hydrogen) atoms. The molecule has 2 unspecified atom stereocenters. The Balaban J connectivity index is 1.63. The second-order valence-electron chi connectivity index (χ2n) is 6.28. The predicted octanol–water partition coefficient (Wildman–Crippen LogP) is 1.05. The van der Waals surface area contributed by atoms with Gasteiger partial charge in [-0.15, -0.1) is 0 Å². The average Bonchev–Trinajstić information content (AvgIpc) is 3.09. The van der Waals surface area contributed by atoms with Gasteiger partial charge < -0.3 is 14.4 Å². The van der Waals surface area contributed by atoms with Crippen molar-refractivity contribution < 1.29 is 19.1 Å². The van der Waals surface area contributed by atoms with Gasteiger partial charge in [0.15, 0.2) is 6.10 Å². The zero-order valence-corrected chi connectivity index (χ0v) is 14.0. The van der Waals surface area contributed by atoms with E-state index in [0.717, 1.165) is 25.9 Å². The third kappa shape index (κ3) is 3.76. The summed E-state index contributed by atoms with van der Waals surface area (Å²) in [4.78, 5) is 28.6. The van der Waals surface area contributed by atoms with Gasteiger partial charge in [-0.3, -0.25) is 9.69 Å². The first-order valence-corrected chi connectivity index (χ1v) is 8.45. The number of likely N-dealkylation sites (tertiary alicyclic amines) is 1. The van der Waals surface area contributed by atoms with Crippen LogP contribution in [0, 0.1) is 0 Å². The van der Waals surface area contributed by atoms with Crippen LogP contribution < -0.4 is 0 Å². The molecule has 1 aromatic carbocycles. The molecule has 0 spiro atoms. The summed E-state index contributed by atoms with van der Waals surface area (Å²) in [5.74, 6) is -0.319. The number of hydrogen-bond donors (Lipinski definition) is 0. The Morgan fingerprint density at radius 2 is 2.04 bits per heavy atom. The van der Waals surface area contributed by atoms with E-state index in [0.29, 0.717) is 13.2 Å². The van der Waals surface area contributed by atoms with Gasteiger partial charge in [-0.2, -0.15) is 0 Å². The normalized spacial score (nSPS) is 24.8. The fourth-order valence-electron chi connectivity index (χ4n) is 3.45. The van der Waals surface area contributed by atoms with E-state index in [4.69, 9.17) is 9.47 Å². The Morgan fingerprint density at radius 1 is 1.25 bits per heavy atom. The summed E-state index contributed by atoms with van der Waals surface area (Å²) in [7, 11) is 1.34. The highest BCUT2D eigenvalue weighted by Gasteiger charge is 2.37. The number of benzene rings is 1. The summed E-state index contributed by atoms with van der Waals surface area (Å²) in [5.41, 5.74) is 1.21. The molecule has 6 heteroatoms. The van der Waals surface area contributed by atoms with E-state index >= 15 is 0 Å². The van der Waals surface area contributed by atoms with Crippen LogP contribution in [0.15, 0.2) is 30.3 Å². The number of carbonyl (C=O) groups is 2. The minimum absolute atomic E-state index is 0.0978. The lowest BCUT2D eigenvalue weighted by molar-refractivity contribution is -0.163. The van der Waals surface area contributed by atoms with Crippen molar-refractivity contribution >= 4 is 11.9 Å². The maximum Gasteiger partial charge on any atom is 0.336 e. The number of hydrogen-bond acceptors (Lipinski definition) is 5. The second kappa shape index (κ2) is 7.77. The van der Waals surface area contributed by atoms with Crippen LogP contribution >= 0.6 is 0 Å². The minimum Gasteiger partial charge on any atom is -0.467 e. The van der Waals surface area contributed by atoms with E-state index in [1.807, 2.05) is 18.2 Å². The molecule has 2 aliphatic heterocycles. The summed E-state index contributed by atoms with van der Waals surface area (Å²) in [5, 5.41) is 0. The SMILES string of the molecule is COC(=O)C1CN(C(=O)C2CCCN2Cc2ccccc2)CCO1. The van der Waals surface area contributed by atoms with Crippen molar-refractivity contribution in [2.24, 2.45) is 0 Å². The van der Waals surface area contributed by atoms with Crippen LogP contribution in [0.1, 0.15) is 18.4 Å². The van der Waals surface area contributed by atoms with Crippen molar-refractivity contribution in [2.45, 2.75) is 31.5 Å². The molecule has 6 nitrogen and oxygen atoms in total. The molecule has 0 saturated carbocycles. The van der Waals surface area contributed by atoms with Gasteiger partial charge >= 0.3 is 5.97 Å². The number of nitrogens with zero attached hydrogens (tertiary/aromatic N) is 2. The molecule has 2 fully saturated rings. The molecule has 2 heterocycles. The topological polar surface area (TPSA) is 59.1 Å². The largest absolute Gasteiger partial charge is 0.467 e. The Labute approximate surface area is 142 Å². The molecule has 0 N–H and O–H groups in total. The number of methoxy groups -OCH3 is 1. The maximum atomic E-state index is 12.9. The average molecular weight is 332 g/mol. The van der Waals surface area contributed by atoms with Crippen molar-refractivity contribution in [1.82, 2.24) is 9.80 Å². The highest BCUT2D eigenvalue weighted by atomic mass is 16.6. The lowest BCUT2D eigenvalue weighted by Crippen LogP contribution is -2.53. The molecule has 0 aromatic heterocycles. The van der Waals surface area contributed by atoms with Gasteiger partial charge in [0.2, 0.25) is 5.91 Å². The van der Waals surface area contributed by atoms with E-state index in [1.54, 1.807) is 4.90 Å². The Hall–Kier alpha value is -1.92. The van der Waals surface area contributed by atoms with Crippen molar-refractivity contribution in [3.63, 3.8) is 0 Å². The quantitative estimate of drug-likeness (QED) is 0.772. The van der Waals surface area contributed by atoms with E-state index < -0.39 is 12.1 Å². The fourth-order valence-corrected chi connectivity index (χ4v) is 3.45. The number of amides is 1. The number of carbonyl (C=O) groups excluding carboxylic acids is 2. The van der Waals surface area contributed by atoms with Gasteiger partial charge in [-0.1, -0.05) is 30.3 Å². The van der Waals surface area contributed by atoms with Crippen molar-refractivity contribution in [2.75, 3.05) is 33.4 Å². The molecule has 0 bridgehead atoms. The Morgan fingerprint density at radius 3 is 2.79 bits per heavy atom. The van der Waals surface area contributed by atoms with Crippen LogP contribution in [0.5, 0.6) is 0 Å². The summed E-state index contributed by atoms with van der Waals surface area (Å²) in [6.45, 7) is 2.89. The number of rotatable bonds is 4. The first kappa shape index (κ1) is 16.9. The summed E-state index contributed by atoms with van der Waals surface area (Å²) in [6, 6.07) is 10.1. The maximum absolute atomic E-state index is 12.9. The number of esters is 1. The van der Waals surface area contributed by atoms with Crippen LogP contribution in [0.25, 0.3) is 0 Å². The highest BCUT2D eigenvalue weighted by Crippen LogP contribution is 2.23. The van der Waals surface area contributed by atoms with Crippen LogP contribution in [0.3, 0.4) is 0 Å². The lowest BCUT2D eigenvalue weighted by atomic mass is 10.1. The van der Waals surface area contributed by atoms with Crippen LogP contribution in [-0.2, 0) is 25.6 Å².